The van der Waals surface area contributed by atoms with Gasteiger partial charge in [-0.15, -0.1) is 0 Å². The number of amides is 1. The van der Waals surface area contributed by atoms with Crippen molar-refractivity contribution in [2.45, 2.75) is 26.3 Å². The molecule has 3 rings (SSSR count). The zero-order valence-electron chi connectivity index (χ0n) is 15.4. The average molecular weight is 357 g/mol. The molecule has 1 aliphatic heterocycles. The van der Waals surface area contributed by atoms with Crippen molar-refractivity contribution in [3.63, 3.8) is 0 Å². The molecule has 0 spiro atoms. The number of rotatable bonds is 8. The van der Waals surface area contributed by atoms with Crippen LogP contribution in [-0.4, -0.2) is 65.1 Å². The molecule has 1 saturated heterocycles. The quantitative estimate of drug-likeness (QED) is 0.726. The summed E-state index contributed by atoms with van der Waals surface area (Å²) in [5, 5.41) is 7.04. The first kappa shape index (κ1) is 18.5. The highest BCUT2D eigenvalue weighted by molar-refractivity contribution is 5.77. The van der Waals surface area contributed by atoms with Crippen LogP contribution in [0.5, 0.6) is 0 Å². The lowest BCUT2D eigenvalue weighted by Crippen LogP contribution is -2.49. The number of carbonyl (C=O) groups excluding carboxylic acids is 1. The number of piperazine rings is 1. The van der Waals surface area contributed by atoms with Crippen molar-refractivity contribution in [3.05, 3.63) is 36.2 Å². The Bertz CT molecular complexity index is 680. The van der Waals surface area contributed by atoms with E-state index in [1.165, 1.54) is 0 Å². The van der Waals surface area contributed by atoms with Gasteiger partial charge in [0.15, 0.2) is 0 Å². The van der Waals surface area contributed by atoms with Crippen LogP contribution in [0.1, 0.15) is 25.7 Å². The first-order chi connectivity index (χ1) is 12.7. The van der Waals surface area contributed by atoms with E-state index in [-0.39, 0.29) is 5.91 Å². The maximum atomic E-state index is 11.9. The summed E-state index contributed by atoms with van der Waals surface area (Å²) < 4.78 is 5.39. The molecule has 1 aliphatic rings. The summed E-state index contributed by atoms with van der Waals surface area (Å²) in [7, 11) is 0. The first-order valence-corrected chi connectivity index (χ1v) is 9.34. The molecule has 0 saturated carbocycles. The van der Waals surface area contributed by atoms with Crippen molar-refractivity contribution < 1.29 is 9.32 Å². The lowest BCUT2D eigenvalue weighted by atomic mass is 10.2. The van der Waals surface area contributed by atoms with Crippen LogP contribution in [0.15, 0.2) is 34.9 Å². The minimum Gasteiger partial charge on any atom is -0.355 e. The molecule has 0 atom stereocenters. The summed E-state index contributed by atoms with van der Waals surface area (Å²) in [6.45, 7) is 7.57. The summed E-state index contributed by atoms with van der Waals surface area (Å²) in [4.78, 5) is 20.9. The van der Waals surface area contributed by atoms with Crippen LogP contribution in [0.25, 0.3) is 11.4 Å². The Kier molecular flexibility index (Phi) is 6.74. The van der Waals surface area contributed by atoms with Crippen molar-refractivity contribution in [2.24, 2.45) is 0 Å². The van der Waals surface area contributed by atoms with Crippen LogP contribution in [0, 0.1) is 0 Å². The molecular formula is C19H27N5O2. The Morgan fingerprint density at radius 1 is 1.15 bits per heavy atom. The highest BCUT2D eigenvalue weighted by Crippen LogP contribution is 2.16. The minimum atomic E-state index is 0.122. The smallest absolute Gasteiger partial charge is 0.241 e. The van der Waals surface area contributed by atoms with Gasteiger partial charge in [-0.3, -0.25) is 14.6 Å². The van der Waals surface area contributed by atoms with E-state index in [0.29, 0.717) is 24.8 Å². The summed E-state index contributed by atoms with van der Waals surface area (Å²) in [5.41, 5.74) is 0.960. The van der Waals surface area contributed by atoms with Gasteiger partial charge in [-0.2, -0.15) is 4.98 Å². The fourth-order valence-corrected chi connectivity index (χ4v) is 2.98. The minimum absolute atomic E-state index is 0.122. The lowest BCUT2D eigenvalue weighted by molar-refractivity contribution is -0.122. The van der Waals surface area contributed by atoms with E-state index in [1.54, 1.807) is 0 Å². The van der Waals surface area contributed by atoms with Crippen molar-refractivity contribution in [1.82, 2.24) is 25.3 Å². The molecule has 1 fully saturated rings. The molecule has 7 nitrogen and oxygen atoms in total. The predicted molar refractivity (Wildman–Crippen MR) is 99.4 cm³/mol. The average Bonchev–Trinajstić information content (AvgIpc) is 3.13. The summed E-state index contributed by atoms with van der Waals surface area (Å²) in [5.74, 6) is 1.38. The van der Waals surface area contributed by atoms with Gasteiger partial charge in [0.25, 0.3) is 0 Å². The van der Waals surface area contributed by atoms with Crippen molar-refractivity contribution in [1.29, 1.82) is 0 Å². The van der Waals surface area contributed by atoms with E-state index >= 15 is 0 Å². The summed E-state index contributed by atoms with van der Waals surface area (Å²) in [6, 6.07) is 9.83. The number of nitrogens with zero attached hydrogens (tertiary/aromatic N) is 4. The second-order valence-corrected chi connectivity index (χ2v) is 6.63. The Morgan fingerprint density at radius 3 is 2.62 bits per heavy atom. The molecule has 1 amide bonds. The van der Waals surface area contributed by atoms with Gasteiger partial charge in [0.2, 0.25) is 17.6 Å². The zero-order valence-corrected chi connectivity index (χ0v) is 15.4. The van der Waals surface area contributed by atoms with Gasteiger partial charge in [-0.05, 0) is 6.42 Å². The highest BCUT2D eigenvalue weighted by atomic mass is 16.5. The number of unbranched alkanes of at least 4 members (excludes halogenated alkanes) is 1. The lowest BCUT2D eigenvalue weighted by Gasteiger charge is -2.33. The second kappa shape index (κ2) is 9.45. The number of hydrogen-bond acceptors (Lipinski definition) is 6. The SMILES string of the molecule is CCCCNC(=O)CN1CCN(Cc2nc(-c3ccccc3)no2)CC1. The molecule has 0 unspecified atom stereocenters. The van der Waals surface area contributed by atoms with E-state index in [4.69, 9.17) is 4.52 Å². The molecule has 26 heavy (non-hydrogen) atoms. The van der Waals surface area contributed by atoms with Gasteiger partial charge in [0.1, 0.15) is 0 Å². The van der Waals surface area contributed by atoms with Crippen LogP contribution in [0.2, 0.25) is 0 Å². The number of hydrogen-bond donors (Lipinski definition) is 1. The van der Waals surface area contributed by atoms with Crippen LogP contribution >= 0.6 is 0 Å². The maximum absolute atomic E-state index is 11.9. The van der Waals surface area contributed by atoms with Gasteiger partial charge in [-0.1, -0.05) is 48.8 Å². The number of benzene rings is 1. The molecule has 0 aliphatic carbocycles. The van der Waals surface area contributed by atoms with E-state index in [0.717, 1.165) is 51.1 Å². The Morgan fingerprint density at radius 2 is 1.88 bits per heavy atom. The third kappa shape index (κ3) is 5.37. The van der Waals surface area contributed by atoms with Gasteiger partial charge in [0, 0.05) is 38.3 Å². The molecule has 1 aromatic heterocycles. The highest BCUT2D eigenvalue weighted by Gasteiger charge is 2.20. The third-order valence-corrected chi connectivity index (χ3v) is 4.54. The second-order valence-electron chi connectivity index (χ2n) is 6.63. The van der Waals surface area contributed by atoms with Crippen LogP contribution in [0.3, 0.4) is 0 Å². The summed E-state index contributed by atoms with van der Waals surface area (Å²) >= 11 is 0. The number of aromatic nitrogens is 2. The fourth-order valence-electron chi connectivity index (χ4n) is 2.98. The fraction of sp³-hybridized carbons (Fsp3) is 0.526. The van der Waals surface area contributed by atoms with Gasteiger partial charge in [-0.25, -0.2) is 0 Å². The zero-order chi connectivity index (χ0) is 18.2. The normalized spacial score (nSPS) is 15.9. The van der Waals surface area contributed by atoms with Gasteiger partial charge in [0.05, 0.1) is 13.1 Å². The molecule has 140 valence electrons. The first-order valence-electron chi connectivity index (χ1n) is 9.34. The van der Waals surface area contributed by atoms with Crippen LogP contribution in [0.4, 0.5) is 0 Å². The van der Waals surface area contributed by atoms with Crippen molar-refractivity contribution >= 4 is 5.91 Å². The number of carbonyl (C=O) groups is 1. The van der Waals surface area contributed by atoms with Crippen LogP contribution in [-0.2, 0) is 11.3 Å². The Balaban J connectivity index is 1.42. The largest absolute Gasteiger partial charge is 0.355 e. The van der Waals surface area contributed by atoms with E-state index < -0.39 is 0 Å². The van der Waals surface area contributed by atoms with Crippen molar-refractivity contribution in [2.75, 3.05) is 39.3 Å². The Labute approximate surface area is 154 Å². The molecule has 2 aromatic rings. The van der Waals surface area contributed by atoms with E-state index in [1.807, 2.05) is 30.3 Å². The molecule has 1 N–H and O–H groups in total. The van der Waals surface area contributed by atoms with Crippen molar-refractivity contribution in [3.8, 4) is 11.4 Å². The molecule has 7 heteroatoms. The van der Waals surface area contributed by atoms with Crippen LogP contribution < -0.4 is 5.32 Å². The maximum Gasteiger partial charge on any atom is 0.241 e. The number of nitrogens with one attached hydrogen (secondary N) is 1. The molecule has 1 aromatic carbocycles. The van der Waals surface area contributed by atoms with E-state index in [2.05, 4.69) is 32.2 Å². The molecule has 0 radical (unpaired) electrons. The topological polar surface area (TPSA) is 74.5 Å². The van der Waals surface area contributed by atoms with Gasteiger partial charge < -0.3 is 9.84 Å². The third-order valence-electron chi connectivity index (χ3n) is 4.54. The van der Waals surface area contributed by atoms with Gasteiger partial charge >= 0.3 is 0 Å². The predicted octanol–water partition coefficient (Wildman–Crippen LogP) is 1.77. The Hall–Kier alpha value is -2.25. The molecule has 2 heterocycles. The van der Waals surface area contributed by atoms with E-state index in [9.17, 15) is 4.79 Å². The standard InChI is InChI=1S/C19H27N5O2/c1-2-3-9-20-17(25)14-23-10-12-24(13-11-23)15-18-21-19(22-26-18)16-7-5-4-6-8-16/h4-8H,2-3,9-15H2,1H3,(H,20,25). The molecular weight excluding hydrogens is 330 g/mol. The molecule has 0 bridgehead atoms. The monoisotopic (exact) mass is 357 g/mol. The summed E-state index contributed by atoms with van der Waals surface area (Å²) in [6.07, 6.45) is 2.13.